The highest BCUT2D eigenvalue weighted by molar-refractivity contribution is 7.89. The van der Waals surface area contributed by atoms with Crippen molar-refractivity contribution in [3.63, 3.8) is 0 Å². The molecule has 6 heteroatoms. The number of nitrogens with zero attached hydrogens (tertiary/aromatic N) is 2. The van der Waals surface area contributed by atoms with E-state index in [0.717, 1.165) is 44.8 Å². The van der Waals surface area contributed by atoms with Crippen LogP contribution in [-0.2, 0) is 21.2 Å². The van der Waals surface area contributed by atoms with E-state index in [1.165, 1.54) is 0 Å². The number of benzene rings is 1. The molecule has 2 fully saturated rings. The Morgan fingerprint density at radius 3 is 2.55 bits per heavy atom. The summed E-state index contributed by atoms with van der Waals surface area (Å²) in [6.07, 6.45) is 0.737. The van der Waals surface area contributed by atoms with Crippen LogP contribution in [-0.4, -0.2) is 63.6 Å². The lowest BCUT2D eigenvalue weighted by Gasteiger charge is -2.41. The lowest BCUT2D eigenvalue weighted by atomic mass is 10.0. The zero-order valence-electron chi connectivity index (χ0n) is 13.1. The smallest absolute Gasteiger partial charge is 0.243 e. The molecule has 0 radical (unpaired) electrons. The molecule has 2 aliphatic rings. The van der Waals surface area contributed by atoms with Crippen molar-refractivity contribution < 1.29 is 13.2 Å². The first-order valence-electron chi connectivity index (χ1n) is 7.99. The first kappa shape index (κ1) is 15.9. The molecule has 0 saturated carbocycles. The Hall–Kier alpha value is -0.950. The predicted molar refractivity (Wildman–Crippen MR) is 85.3 cm³/mol. The Labute approximate surface area is 132 Å². The number of sulfonamides is 1. The van der Waals surface area contributed by atoms with E-state index in [9.17, 15) is 8.42 Å². The summed E-state index contributed by atoms with van der Waals surface area (Å²) in [5, 5.41) is 0. The number of ether oxygens (including phenoxy) is 1. The average Bonchev–Trinajstić information content (AvgIpc) is 2.51. The molecule has 122 valence electrons. The number of rotatable bonds is 5. The fourth-order valence-corrected chi connectivity index (χ4v) is 5.06. The minimum Gasteiger partial charge on any atom is -0.379 e. The molecular formula is C16H24N2O3S. The third-order valence-corrected chi connectivity index (χ3v) is 6.45. The van der Waals surface area contributed by atoms with Crippen LogP contribution in [0.5, 0.6) is 0 Å². The van der Waals surface area contributed by atoms with Crippen LogP contribution >= 0.6 is 0 Å². The SMILES string of the molecule is CCc1ccccc1S(=O)(=O)N1CC(CN2CCOCC2)C1. The van der Waals surface area contributed by atoms with Crippen LogP contribution in [0.15, 0.2) is 29.2 Å². The van der Waals surface area contributed by atoms with Gasteiger partial charge in [-0.25, -0.2) is 8.42 Å². The van der Waals surface area contributed by atoms with E-state index in [0.29, 0.717) is 23.9 Å². The molecular weight excluding hydrogens is 300 g/mol. The van der Waals surface area contributed by atoms with Gasteiger partial charge >= 0.3 is 0 Å². The highest BCUT2D eigenvalue weighted by atomic mass is 32.2. The minimum atomic E-state index is -3.33. The van der Waals surface area contributed by atoms with Gasteiger partial charge in [0.1, 0.15) is 0 Å². The van der Waals surface area contributed by atoms with E-state index in [4.69, 9.17) is 4.74 Å². The summed E-state index contributed by atoms with van der Waals surface area (Å²) in [4.78, 5) is 2.85. The molecule has 0 spiro atoms. The third kappa shape index (κ3) is 3.20. The van der Waals surface area contributed by atoms with Gasteiger partial charge in [-0.3, -0.25) is 4.90 Å². The summed E-state index contributed by atoms with van der Waals surface area (Å²) in [5.74, 6) is 0.446. The van der Waals surface area contributed by atoms with E-state index in [2.05, 4.69) is 4.90 Å². The predicted octanol–water partition coefficient (Wildman–Crippen LogP) is 1.20. The van der Waals surface area contributed by atoms with E-state index in [-0.39, 0.29) is 0 Å². The van der Waals surface area contributed by atoms with Gasteiger partial charge in [-0.15, -0.1) is 0 Å². The fourth-order valence-electron chi connectivity index (χ4n) is 3.17. The molecule has 0 unspecified atom stereocenters. The molecule has 22 heavy (non-hydrogen) atoms. The van der Waals surface area contributed by atoms with Gasteiger partial charge in [0.05, 0.1) is 18.1 Å². The van der Waals surface area contributed by atoms with Gasteiger partial charge < -0.3 is 4.74 Å². The van der Waals surface area contributed by atoms with Crippen LogP contribution in [0, 0.1) is 5.92 Å². The summed E-state index contributed by atoms with van der Waals surface area (Å²) in [6.45, 7) is 7.74. The molecule has 1 aromatic carbocycles. The van der Waals surface area contributed by atoms with Gasteiger partial charge in [0.25, 0.3) is 0 Å². The first-order valence-corrected chi connectivity index (χ1v) is 9.43. The molecule has 2 saturated heterocycles. The van der Waals surface area contributed by atoms with Crippen molar-refractivity contribution in [2.24, 2.45) is 5.92 Å². The van der Waals surface area contributed by atoms with Crippen molar-refractivity contribution in [1.82, 2.24) is 9.21 Å². The van der Waals surface area contributed by atoms with Crippen molar-refractivity contribution >= 4 is 10.0 Å². The second-order valence-corrected chi connectivity index (χ2v) is 7.97. The molecule has 1 aromatic rings. The van der Waals surface area contributed by atoms with Gasteiger partial charge in [0.15, 0.2) is 0 Å². The zero-order chi connectivity index (χ0) is 15.6. The summed E-state index contributed by atoms with van der Waals surface area (Å²) in [5.41, 5.74) is 0.902. The standard InChI is InChI=1S/C16H24N2O3S/c1-2-15-5-3-4-6-16(15)22(19,20)18-12-14(13-18)11-17-7-9-21-10-8-17/h3-6,14H,2,7-13H2,1H3. The lowest BCUT2D eigenvalue weighted by Crippen LogP contribution is -2.54. The molecule has 0 aromatic heterocycles. The maximum absolute atomic E-state index is 12.7. The molecule has 5 nitrogen and oxygen atoms in total. The van der Waals surface area contributed by atoms with Crippen LogP contribution in [0.1, 0.15) is 12.5 Å². The van der Waals surface area contributed by atoms with Crippen LogP contribution in [0.3, 0.4) is 0 Å². The van der Waals surface area contributed by atoms with Crippen molar-refractivity contribution in [2.75, 3.05) is 45.9 Å². The van der Waals surface area contributed by atoms with Crippen molar-refractivity contribution in [1.29, 1.82) is 0 Å². The van der Waals surface area contributed by atoms with Crippen molar-refractivity contribution in [3.8, 4) is 0 Å². The minimum absolute atomic E-state index is 0.446. The Morgan fingerprint density at radius 1 is 1.18 bits per heavy atom. The maximum Gasteiger partial charge on any atom is 0.243 e. The monoisotopic (exact) mass is 324 g/mol. The summed E-state index contributed by atoms with van der Waals surface area (Å²) in [7, 11) is -3.33. The van der Waals surface area contributed by atoms with E-state index >= 15 is 0 Å². The van der Waals surface area contributed by atoms with Gasteiger partial charge in [-0.1, -0.05) is 25.1 Å². The van der Waals surface area contributed by atoms with Crippen LogP contribution in [0.4, 0.5) is 0 Å². The second-order valence-electron chi connectivity index (χ2n) is 6.06. The third-order valence-electron chi connectivity index (χ3n) is 4.52. The van der Waals surface area contributed by atoms with Crippen LogP contribution < -0.4 is 0 Å². The van der Waals surface area contributed by atoms with E-state index < -0.39 is 10.0 Å². The zero-order valence-corrected chi connectivity index (χ0v) is 13.9. The molecule has 2 aliphatic heterocycles. The maximum atomic E-state index is 12.7. The normalized spacial score (nSPS) is 21.7. The van der Waals surface area contributed by atoms with Crippen molar-refractivity contribution in [3.05, 3.63) is 29.8 Å². The molecule has 0 atom stereocenters. The first-order chi connectivity index (χ1) is 10.6. The molecule has 2 heterocycles. The Balaban J connectivity index is 1.61. The molecule has 0 aliphatic carbocycles. The van der Waals surface area contributed by atoms with Crippen LogP contribution in [0.2, 0.25) is 0 Å². The van der Waals surface area contributed by atoms with E-state index in [1.54, 1.807) is 16.4 Å². The summed E-state index contributed by atoms with van der Waals surface area (Å²) in [6, 6.07) is 7.33. The molecule has 0 N–H and O–H groups in total. The molecule has 0 bridgehead atoms. The Kier molecular flexibility index (Phi) is 4.82. The lowest BCUT2D eigenvalue weighted by molar-refractivity contribution is 0.0192. The highest BCUT2D eigenvalue weighted by Gasteiger charge is 2.38. The Morgan fingerprint density at radius 2 is 1.86 bits per heavy atom. The molecule has 0 amide bonds. The number of morpholine rings is 1. The van der Waals surface area contributed by atoms with Crippen LogP contribution in [0.25, 0.3) is 0 Å². The number of hydrogen-bond acceptors (Lipinski definition) is 4. The topological polar surface area (TPSA) is 49.9 Å². The Bertz CT molecular complexity index is 606. The van der Waals surface area contributed by atoms with Crippen molar-refractivity contribution in [2.45, 2.75) is 18.2 Å². The molecule has 3 rings (SSSR count). The largest absolute Gasteiger partial charge is 0.379 e. The average molecular weight is 324 g/mol. The quantitative estimate of drug-likeness (QED) is 0.817. The van der Waals surface area contributed by atoms with Gasteiger partial charge in [0, 0.05) is 32.7 Å². The summed E-state index contributed by atoms with van der Waals surface area (Å²) >= 11 is 0. The summed E-state index contributed by atoms with van der Waals surface area (Å²) < 4.78 is 32.4. The highest BCUT2D eigenvalue weighted by Crippen LogP contribution is 2.28. The van der Waals surface area contributed by atoms with E-state index in [1.807, 2.05) is 19.1 Å². The number of hydrogen-bond donors (Lipinski definition) is 0. The number of aryl methyl sites for hydroxylation is 1. The van der Waals surface area contributed by atoms with Gasteiger partial charge in [-0.2, -0.15) is 4.31 Å². The van der Waals surface area contributed by atoms with Gasteiger partial charge in [0.2, 0.25) is 10.0 Å². The fraction of sp³-hybridized carbons (Fsp3) is 0.625. The van der Waals surface area contributed by atoms with Gasteiger partial charge in [-0.05, 0) is 24.0 Å². The second kappa shape index (κ2) is 6.66.